The summed E-state index contributed by atoms with van der Waals surface area (Å²) in [6.45, 7) is 3.23. The van der Waals surface area contributed by atoms with Gasteiger partial charge in [-0.2, -0.15) is 0 Å². The molecular weight excluding hydrogens is 320 g/mol. The molecule has 7 nitrogen and oxygen atoms in total. The highest BCUT2D eigenvalue weighted by Gasteiger charge is 2.26. The van der Waals surface area contributed by atoms with Crippen molar-refractivity contribution in [1.29, 1.82) is 0 Å². The van der Waals surface area contributed by atoms with Gasteiger partial charge in [-0.15, -0.1) is 12.4 Å². The van der Waals surface area contributed by atoms with Crippen LogP contribution in [0.15, 0.2) is 30.3 Å². The summed E-state index contributed by atoms with van der Waals surface area (Å²) < 4.78 is 0. The van der Waals surface area contributed by atoms with Crippen molar-refractivity contribution < 1.29 is 14.7 Å². The van der Waals surface area contributed by atoms with E-state index in [9.17, 15) is 14.7 Å². The maximum atomic E-state index is 11.9. The topological polar surface area (TPSA) is 102 Å². The van der Waals surface area contributed by atoms with Gasteiger partial charge in [-0.25, -0.2) is 4.79 Å². The smallest absolute Gasteiger partial charge is 0.319 e. The molecular formula is C15H23ClN4O3. The van der Waals surface area contributed by atoms with Crippen LogP contribution in [0.2, 0.25) is 0 Å². The van der Waals surface area contributed by atoms with Gasteiger partial charge in [0.05, 0.1) is 6.10 Å². The van der Waals surface area contributed by atoms with Crippen LogP contribution < -0.4 is 21.3 Å². The lowest BCUT2D eigenvalue weighted by atomic mass is 10.1. The molecule has 1 heterocycles. The van der Waals surface area contributed by atoms with E-state index in [1.54, 1.807) is 19.1 Å². The zero-order chi connectivity index (χ0) is 15.9. The molecule has 2 rings (SSSR count). The Morgan fingerprint density at radius 1 is 1.30 bits per heavy atom. The number of rotatable bonds is 5. The van der Waals surface area contributed by atoms with Gasteiger partial charge in [-0.3, -0.25) is 4.79 Å². The summed E-state index contributed by atoms with van der Waals surface area (Å²) >= 11 is 0. The number of urea groups is 1. The Hall–Kier alpha value is -1.83. The van der Waals surface area contributed by atoms with Crippen LogP contribution in [0, 0.1) is 5.92 Å². The number of anilines is 1. The molecule has 1 aromatic rings. The van der Waals surface area contributed by atoms with E-state index in [0.29, 0.717) is 25.3 Å². The maximum absolute atomic E-state index is 11.9. The SMILES string of the molecule is CC(NC(=O)Nc1ccccc1)C(=O)NCC1CNCC1O.Cl. The van der Waals surface area contributed by atoms with Crippen molar-refractivity contribution in [2.45, 2.75) is 19.1 Å². The van der Waals surface area contributed by atoms with E-state index >= 15 is 0 Å². The molecule has 1 saturated heterocycles. The Kier molecular flexibility index (Phi) is 7.80. The van der Waals surface area contributed by atoms with Crippen LogP contribution in [0.3, 0.4) is 0 Å². The molecule has 1 fully saturated rings. The van der Waals surface area contributed by atoms with Gasteiger partial charge in [-0.1, -0.05) is 18.2 Å². The normalized spacial score (nSPS) is 21.0. The zero-order valence-electron chi connectivity index (χ0n) is 12.9. The second kappa shape index (κ2) is 9.34. The molecule has 0 aromatic heterocycles. The molecule has 23 heavy (non-hydrogen) atoms. The number of para-hydroxylation sites is 1. The highest BCUT2D eigenvalue weighted by Crippen LogP contribution is 2.07. The van der Waals surface area contributed by atoms with Crippen LogP contribution in [0.5, 0.6) is 0 Å². The number of halogens is 1. The Bertz CT molecular complexity index is 515. The van der Waals surface area contributed by atoms with E-state index in [1.807, 2.05) is 18.2 Å². The summed E-state index contributed by atoms with van der Waals surface area (Å²) in [5.41, 5.74) is 0.660. The lowest BCUT2D eigenvalue weighted by molar-refractivity contribution is -0.122. The minimum Gasteiger partial charge on any atom is -0.391 e. The lowest BCUT2D eigenvalue weighted by Crippen LogP contribution is -2.48. The Labute approximate surface area is 141 Å². The zero-order valence-corrected chi connectivity index (χ0v) is 13.7. The lowest BCUT2D eigenvalue weighted by Gasteiger charge is -2.18. The molecule has 1 aliphatic heterocycles. The van der Waals surface area contributed by atoms with Gasteiger partial charge in [-0.05, 0) is 19.1 Å². The largest absolute Gasteiger partial charge is 0.391 e. The number of amides is 3. The van der Waals surface area contributed by atoms with E-state index in [2.05, 4.69) is 21.3 Å². The van der Waals surface area contributed by atoms with Crippen molar-refractivity contribution in [1.82, 2.24) is 16.0 Å². The fourth-order valence-electron chi connectivity index (χ4n) is 2.26. The predicted octanol–water partition coefficient (Wildman–Crippen LogP) is 0.315. The highest BCUT2D eigenvalue weighted by atomic mass is 35.5. The summed E-state index contributed by atoms with van der Waals surface area (Å²) in [7, 11) is 0. The van der Waals surface area contributed by atoms with Crippen molar-refractivity contribution in [3.05, 3.63) is 30.3 Å². The van der Waals surface area contributed by atoms with Crippen molar-refractivity contribution in [2.75, 3.05) is 25.0 Å². The number of carbonyl (C=O) groups excluding carboxylic acids is 2. The Morgan fingerprint density at radius 2 is 2.00 bits per heavy atom. The summed E-state index contributed by atoms with van der Waals surface area (Å²) in [5.74, 6) is -0.267. The van der Waals surface area contributed by atoms with Gasteiger partial charge in [0, 0.05) is 31.2 Å². The number of carbonyl (C=O) groups is 2. The van der Waals surface area contributed by atoms with E-state index < -0.39 is 18.2 Å². The van der Waals surface area contributed by atoms with Gasteiger partial charge in [0.1, 0.15) is 6.04 Å². The summed E-state index contributed by atoms with van der Waals surface area (Å²) in [4.78, 5) is 23.7. The van der Waals surface area contributed by atoms with Crippen molar-refractivity contribution in [2.24, 2.45) is 5.92 Å². The number of hydrogen-bond acceptors (Lipinski definition) is 4. The molecule has 128 valence electrons. The fraction of sp³-hybridized carbons (Fsp3) is 0.467. The molecule has 8 heteroatoms. The molecule has 5 N–H and O–H groups in total. The highest BCUT2D eigenvalue weighted by molar-refractivity contribution is 5.93. The van der Waals surface area contributed by atoms with Crippen LogP contribution in [-0.2, 0) is 4.79 Å². The van der Waals surface area contributed by atoms with Crippen molar-refractivity contribution in [3.8, 4) is 0 Å². The summed E-state index contributed by atoms with van der Waals surface area (Å²) in [6.07, 6.45) is -0.440. The minimum absolute atomic E-state index is 0. The van der Waals surface area contributed by atoms with E-state index in [0.717, 1.165) is 0 Å². The molecule has 0 spiro atoms. The van der Waals surface area contributed by atoms with Crippen LogP contribution in [0.4, 0.5) is 10.5 Å². The first kappa shape index (κ1) is 19.2. The number of benzene rings is 1. The molecule has 1 aromatic carbocycles. The monoisotopic (exact) mass is 342 g/mol. The van der Waals surface area contributed by atoms with Crippen LogP contribution in [-0.4, -0.2) is 48.8 Å². The van der Waals surface area contributed by atoms with E-state index in [-0.39, 0.29) is 24.2 Å². The van der Waals surface area contributed by atoms with E-state index in [4.69, 9.17) is 0 Å². The first-order valence-electron chi connectivity index (χ1n) is 7.35. The fourth-order valence-corrected chi connectivity index (χ4v) is 2.26. The number of aliphatic hydroxyl groups excluding tert-OH is 1. The average Bonchev–Trinajstić information content (AvgIpc) is 2.91. The van der Waals surface area contributed by atoms with Crippen molar-refractivity contribution >= 4 is 30.0 Å². The standard InChI is InChI=1S/C15H22N4O3.ClH/c1-10(14(21)17-8-11-7-16-9-13(11)20)18-15(22)19-12-5-3-2-4-6-12;/h2-6,10-11,13,16,20H,7-9H2,1H3,(H,17,21)(H2,18,19,22);1H. The van der Waals surface area contributed by atoms with Crippen LogP contribution in [0.1, 0.15) is 6.92 Å². The van der Waals surface area contributed by atoms with Crippen LogP contribution >= 0.6 is 12.4 Å². The minimum atomic E-state index is -0.657. The molecule has 3 atom stereocenters. The molecule has 0 bridgehead atoms. The average molecular weight is 343 g/mol. The second-order valence-electron chi connectivity index (χ2n) is 5.42. The Balaban J connectivity index is 0.00000264. The Morgan fingerprint density at radius 3 is 2.61 bits per heavy atom. The molecule has 1 aliphatic rings. The first-order valence-corrected chi connectivity index (χ1v) is 7.35. The molecule has 0 aliphatic carbocycles. The second-order valence-corrected chi connectivity index (χ2v) is 5.42. The molecule has 0 saturated carbocycles. The first-order chi connectivity index (χ1) is 10.6. The number of nitrogens with one attached hydrogen (secondary N) is 4. The van der Waals surface area contributed by atoms with Crippen LogP contribution in [0.25, 0.3) is 0 Å². The molecule has 3 amide bonds. The molecule has 3 unspecified atom stereocenters. The molecule has 0 radical (unpaired) electrons. The van der Waals surface area contributed by atoms with Gasteiger partial charge >= 0.3 is 6.03 Å². The van der Waals surface area contributed by atoms with Gasteiger partial charge in [0.2, 0.25) is 5.91 Å². The summed E-state index contributed by atoms with van der Waals surface area (Å²) in [6, 6.07) is 7.91. The third-order valence-electron chi connectivity index (χ3n) is 3.62. The predicted molar refractivity (Wildman–Crippen MR) is 90.7 cm³/mol. The van der Waals surface area contributed by atoms with Gasteiger partial charge in [0.25, 0.3) is 0 Å². The number of aliphatic hydroxyl groups is 1. The van der Waals surface area contributed by atoms with E-state index in [1.165, 1.54) is 0 Å². The summed E-state index contributed by atoms with van der Waals surface area (Å²) in [5, 5.41) is 20.7. The third kappa shape index (κ3) is 6.05. The maximum Gasteiger partial charge on any atom is 0.319 e. The van der Waals surface area contributed by atoms with Crippen molar-refractivity contribution in [3.63, 3.8) is 0 Å². The van der Waals surface area contributed by atoms with Gasteiger partial charge in [0.15, 0.2) is 0 Å². The van der Waals surface area contributed by atoms with Gasteiger partial charge < -0.3 is 26.4 Å². The number of β-amino-alcohol motifs (C(OH)–C–C–N with tert-alkyl or cyclic N) is 1. The quantitative estimate of drug-likeness (QED) is 0.531. The third-order valence-corrected chi connectivity index (χ3v) is 3.62. The number of hydrogen-bond donors (Lipinski definition) is 5.